The number of sulfone groups is 1. The summed E-state index contributed by atoms with van der Waals surface area (Å²) in [4.78, 5) is 36.2. The van der Waals surface area contributed by atoms with Crippen molar-refractivity contribution >= 4 is 39.2 Å². The van der Waals surface area contributed by atoms with Crippen molar-refractivity contribution in [1.29, 1.82) is 0 Å². The largest absolute Gasteiger partial charge is 0.455 e. The predicted molar refractivity (Wildman–Crippen MR) is 99.2 cm³/mol. The summed E-state index contributed by atoms with van der Waals surface area (Å²) < 4.78 is 28.1. The molecule has 1 heterocycles. The standard InChI is InChI=1S/C16H20N2O7S2/c1-2-17(13-7-8-27(23,24)11-13)15(19)9-25-16(20)10-26-14-5-3-12(4-6-14)18(21)22/h3-6,13H,2,7-11H2,1H3. The van der Waals surface area contributed by atoms with Crippen molar-refractivity contribution in [3.8, 4) is 0 Å². The number of rotatable bonds is 8. The number of likely N-dealkylation sites (N-methyl/N-ethyl adjacent to an activating group) is 1. The lowest BCUT2D eigenvalue weighted by Crippen LogP contribution is -2.43. The molecule has 0 saturated carbocycles. The second kappa shape index (κ2) is 9.18. The van der Waals surface area contributed by atoms with E-state index in [1.165, 1.54) is 29.2 Å². The van der Waals surface area contributed by atoms with Crippen molar-refractivity contribution in [2.45, 2.75) is 24.3 Å². The zero-order chi connectivity index (χ0) is 20.0. The first kappa shape index (κ1) is 21.2. The first-order valence-electron chi connectivity index (χ1n) is 8.24. The monoisotopic (exact) mass is 416 g/mol. The van der Waals surface area contributed by atoms with Gasteiger partial charge in [-0.3, -0.25) is 19.7 Å². The molecule has 0 N–H and O–H groups in total. The van der Waals surface area contributed by atoms with Gasteiger partial charge in [0, 0.05) is 29.6 Å². The molecule has 1 aromatic carbocycles. The molecule has 27 heavy (non-hydrogen) atoms. The highest BCUT2D eigenvalue weighted by molar-refractivity contribution is 8.00. The number of non-ortho nitro benzene ring substituents is 1. The maximum absolute atomic E-state index is 12.2. The maximum atomic E-state index is 12.2. The lowest BCUT2D eigenvalue weighted by atomic mass is 10.2. The molecule has 1 saturated heterocycles. The summed E-state index contributed by atoms with van der Waals surface area (Å²) in [6.07, 6.45) is 0.395. The van der Waals surface area contributed by atoms with Gasteiger partial charge in [0.25, 0.3) is 11.6 Å². The van der Waals surface area contributed by atoms with Crippen molar-refractivity contribution < 1.29 is 27.7 Å². The fraction of sp³-hybridized carbons (Fsp3) is 0.500. The van der Waals surface area contributed by atoms with E-state index in [4.69, 9.17) is 4.74 Å². The van der Waals surface area contributed by atoms with Crippen molar-refractivity contribution in [3.63, 3.8) is 0 Å². The fourth-order valence-electron chi connectivity index (χ4n) is 2.73. The van der Waals surface area contributed by atoms with E-state index in [0.29, 0.717) is 17.9 Å². The van der Waals surface area contributed by atoms with Gasteiger partial charge in [0.15, 0.2) is 16.4 Å². The Morgan fingerprint density at radius 3 is 2.52 bits per heavy atom. The Balaban J connectivity index is 1.78. The number of hydrogen-bond acceptors (Lipinski definition) is 8. The second-order valence-corrected chi connectivity index (χ2v) is 9.21. The van der Waals surface area contributed by atoms with Gasteiger partial charge in [-0.2, -0.15) is 0 Å². The summed E-state index contributed by atoms with van der Waals surface area (Å²) in [5, 5.41) is 10.6. The second-order valence-electron chi connectivity index (χ2n) is 5.94. The number of ether oxygens (including phenoxy) is 1. The number of nitrogens with zero attached hydrogens (tertiary/aromatic N) is 2. The van der Waals surface area contributed by atoms with Crippen molar-refractivity contribution in [3.05, 3.63) is 34.4 Å². The topological polar surface area (TPSA) is 124 Å². The minimum Gasteiger partial charge on any atom is -0.455 e. The molecule has 0 aliphatic carbocycles. The van der Waals surface area contributed by atoms with Crippen LogP contribution < -0.4 is 0 Å². The van der Waals surface area contributed by atoms with Crippen molar-refractivity contribution in [1.82, 2.24) is 4.90 Å². The zero-order valence-electron chi connectivity index (χ0n) is 14.7. The number of thioether (sulfide) groups is 1. The van der Waals surface area contributed by atoms with E-state index in [-0.39, 0.29) is 29.0 Å². The van der Waals surface area contributed by atoms with Gasteiger partial charge in [0.05, 0.1) is 22.2 Å². The zero-order valence-corrected chi connectivity index (χ0v) is 16.3. The van der Waals surface area contributed by atoms with E-state index in [1.54, 1.807) is 6.92 Å². The quantitative estimate of drug-likeness (QED) is 0.268. The lowest BCUT2D eigenvalue weighted by Gasteiger charge is -2.26. The smallest absolute Gasteiger partial charge is 0.316 e. The molecule has 0 spiro atoms. The molecule has 2 rings (SSSR count). The molecule has 1 aliphatic heterocycles. The van der Waals surface area contributed by atoms with Crippen LogP contribution in [0.25, 0.3) is 0 Å². The highest BCUT2D eigenvalue weighted by Gasteiger charge is 2.34. The van der Waals surface area contributed by atoms with Crippen molar-refractivity contribution in [2.24, 2.45) is 0 Å². The van der Waals surface area contributed by atoms with E-state index >= 15 is 0 Å². The Bertz CT molecular complexity index is 809. The number of amides is 1. The highest BCUT2D eigenvalue weighted by atomic mass is 32.2. The molecule has 0 aromatic heterocycles. The Hall–Kier alpha value is -2.14. The Labute approximate surface area is 161 Å². The molecular formula is C16H20N2O7S2. The van der Waals surface area contributed by atoms with Crippen LogP contribution in [0.4, 0.5) is 5.69 Å². The average Bonchev–Trinajstić information content (AvgIpc) is 2.98. The minimum atomic E-state index is -3.11. The third-order valence-corrected chi connectivity index (χ3v) is 6.81. The number of carbonyl (C=O) groups excluding carboxylic acids is 2. The first-order valence-corrected chi connectivity index (χ1v) is 11.1. The summed E-state index contributed by atoms with van der Waals surface area (Å²) >= 11 is 1.14. The maximum Gasteiger partial charge on any atom is 0.316 e. The van der Waals surface area contributed by atoms with E-state index in [0.717, 1.165) is 11.8 Å². The summed E-state index contributed by atoms with van der Waals surface area (Å²) in [6, 6.07) is 5.36. The molecule has 0 radical (unpaired) electrons. The number of nitro benzene ring substituents is 1. The molecule has 1 aliphatic rings. The minimum absolute atomic E-state index is 0.0406. The van der Waals surface area contributed by atoms with Gasteiger partial charge in [-0.15, -0.1) is 11.8 Å². The molecule has 1 atom stereocenters. The number of carbonyl (C=O) groups is 2. The molecule has 1 amide bonds. The SMILES string of the molecule is CCN(C(=O)COC(=O)CSc1ccc([N+](=O)[O-])cc1)C1CCS(=O)(=O)C1. The molecular weight excluding hydrogens is 396 g/mol. The van der Waals surface area contributed by atoms with Crippen LogP contribution in [0, 0.1) is 10.1 Å². The summed E-state index contributed by atoms with van der Waals surface area (Å²) in [7, 11) is -3.11. The Morgan fingerprint density at radius 1 is 1.33 bits per heavy atom. The average molecular weight is 416 g/mol. The van der Waals surface area contributed by atoms with E-state index < -0.39 is 33.2 Å². The number of nitro groups is 1. The third kappa shape index (κ3) is 6.21. The molecule has 148 valence electrons. The van der Waals surface area contributed by atoms with Crippen LogP contribution in [-0.4, -0.2) is 66.6 Å². The number of hydrogen-bond donors (Lipinski definition) is 0. The molecule has 1 fully saturated rings. The van der Waals surface area contributed by atoms with Gasteiger partial charge in [0.1, 0.15) is 0 Å². The van der Waals surface area contributed by atoms with E-state index in [9.17, 15) is 28.1 Å². The summed E-state index contributed by atoms with van der Waals surface area (Å²) in [5.41, 5.74) is -0.0406. The Morgan fingerprint density at radius 2 is 2.00 bits per heavy atom. The van der Waals surface area contributed by atoms with Gasteiger partial charge in [-0.1, -0.05) is 0 Å². The van der Waals surface area contributed by atoms with Crippen molar-refractivity contribution in [2.75, 3.05) is 30.4 Å². The van der Waals surface area contributed by atoms with Crippen LogP contribution in [0.1, 0.15) is 13.3 Å². The van der Waals surface area contributed by atoms with Gasteiger partial charge in [-0.05, 0) is 25.5 Å². The molecule has 1 unspecified atom stereocenters. The summed E-state index contributed by atoms with van der Waals surface area (Å²) in [6.45, 7) is 1.65. The van der Waals surface area contributed by atoms with Crippen LogP contribution >= 0.6 is 11.8 Å². The van der Waals surface area contributed by atoms with E-state index in [1.807, 2.05) is 0 Å². The van der Waals surface area contributed by atoms with Crippen LogP contribution in [0.15, 0.2) is 29.2 Å². The van der Waals surface area contributed by atoms with Gasteiger partial charge in [0.2, 0.25) is 0 Å². The molecule has 1 aromatic rings. The highest BCUT2D eigenvalue weighted by Crippen LogP contribution is 2.21. The lowest BCUT2D eigenvalue weighted by molar-refractivity contribution is -0.384. The predicted octanol–water partition coefficient (Wildman–Crippen LogP) is 1.27. The first-order chi connectivity index (χ1) is 12.7. The van der Waals surface area contributed by atoms with Crippen LogP contribution in [0.2, 0.25) is 0 Å². The van der Waals surface area contributed by atoms with Gasteiger partial charge < -0.3 is 9.64 Å². The van der Waals surface area contributed by atoms with Crippen LogP contribution in [-0.2, 0) is 24.2 Å². The van der Waals surface area contributed by atoms with Crippen LogP contribution in [0.3, 0.4) is 0 Å². The molecule has 0 bridgehead atoms. The molecule has 9 nitrogen and oxygen atoms in total. The fourth-order valence-corrected chi connectivity index (χ4v) is 5.16. The number of benzene rings is 1. The summed E-state index contributed by atoms with van der Waals surface area (Å²) in [5.74, 6) is -1.06. The molecule has 11 heteroatoms. The van der Waals surface area contributed by atoms with Crippen LogP contribution in [0.5, 0.6) is 0 Å². The van der Waals surface area contributed by atoms with E-state index in [2.05, 4.69) is 0 Å². The van der Waals surface area contributed by atoms with Gasteiger partial charge >= 0.3 is 5.97 Å². The van der Waals surface area contributed by atoms with Gasteiger partial charge in [-0.25, -0.2) is 8.42 Å². The number of esters is 1. The Kier molecular flexibility index (Phi) is 7.19. The normalized spacial score (nSPS) is 18.0. The third-order valence-electron chi connectivity index (χ3n) is 4.07.